The van der Waals surface area contributed by atoms with Gasteiger partial charge in [-0.1, -0.05) is 0 Å². The van der Waals surface area contributed by atoms with E-state index in [4.69, 9.17) is 0 Å². The van der Waals surface area contributed by atoms with Gasteiger partial charge in [-0.3, -0.25) is 0 Å². The lowest BCUT2D eigenvalue weighted by Gasteiger charge is -2.09. The first-order valence-corrected chi connectivity index (χ1v) is 3.93. The van der Waals surface area contributed by atoms with Crippen LogP contribution < -0.4 is 0 Å². The average Bonchev–Trinajstić information content (AvgIpc) is 2.43. The Labute approximate surface area is 61.9 Å². The highest BCUT2D eigenvalue weighted by Crippen LogP contribution is 2.49. The number of piperidine rings is 1. The molecule has 1 saturated carbocycles. The van der Waals surface area contributed by atoms with Gasteiger partial charge in [0.1, 0.15) is 0 Å². The monoisotopic (exact) mass is 138 g/mol. The molecule has 1 saturated heterocycles. The van der Waals surface area contributed by atoms with Crippen molar-refractivity contribution in [2.24, 2.45) is 22.7 Å². The van der Waals surface area contributed by atoms with Crippen molar-refractivity contribution in [1.82, 2.24) is 4.90 Å². The van der Waals surface area contributed by atoms with E-state index in [9.17, 15) is 0 Å². The lowest BCUT2D eigenvalue weighted by atomic mass is 10.3. The standard InChI is InChI=1S/C8H14N2/c1-9-3-6-7-4-10(2)5-8(6)7/h3,6-8H,4-5H2,1-2H3/b9-3-/t6?,7-,8?/m0/s1. The minimum atomic E-state index is 0.834. The van der Waals surface area contributed by atoms with Gasteiger partial charge in [0.25, 0.3) is 0 Å². The van der Waals surface area contributed by atoms with Crippen LogP contribution in [0.25, 0.3) is 0 Å². The zero-order valence-electron chi connectivity index (χ0n) is 6.62. The molecule has 3 atom stereocenters. The Hall–Kier alpha value is -0.370. The predicted molar refractivity (Wildman–Crippen MR) is 42.4 cm³/mol. The molecule has 1 aliphatic heterocycles. The van der Waals surface area contributed by atoms with E-state index in [1.165, 1.54) is 13.1 Å². The van der Waals surface area contributed by atoms with Crippen LogP contribution in [-0.4, -0.2) is 38.3 Å². The normalized spacial score (nSPS) is 46.4. The molecule has 0 radical (unpaired) electrons. The highest BCUT2D eigenvalue weighted by Gasteiger charge is 2.53. The maximum atomic E-state index is 4.06. The van der Waals surface area contributed by atoms with Crippen molar-refractivity contribution in [1.29, 1.82) is 0 Å². The largest absolute Gasteiger partial charge is 0.306 e. The summed E-state index contributed by atoms with van der Waals surface area (Å²) in [7, 11) is 4.07. The van der Waals surface area contributed by atoms with Crippen molar-refractivity contribution in [2.75, 3.05) is 27.2 Å². The molecule has 1 aliphatic carbocycles. The Balaban J connectivity index is 1.92. The van der Waals surface area contributed by atoms with Gasteiger partial charge in [0.15, 0.2) is 0 Å². The fourth-order valence-corrected chi connectivity index (χ4v) is 2.18. The Bertz CT molecular complexity index is 153. The van der Waals surface area contributed by atoms with Gasteiger partial charge in [-0.25, -0.2) is 0 Å². The summed E-state index contributed by atoms with van der Waals surface area (Å²) in [5, 5.41) is 0. The van der Waals surface area contributed by atoms with Gasteiger partial charge in [-0.15, -0.1) is 0 Å². The summed E-state index contributed by atoms with van der Waals surface area (Å²) in [6, 6.07) is 0. The number of hydrogen-bond donors (Lipinski definition) is 0. The number of likely N-dealkylation sites (tertiary alicyclic amines) is 1. The summed E-state index contributed by atoms with van der Waals surface area (Å²) in [5.41, 5.74) is 0. The van der Waals surface area contributed by atoms with Crippen LogP contribution in [0, 0.1) is 17.8 Å². The van der Waals surface area contributed by atoms with Gasteiger partial charge in [0.05, 0.1) is 0 Å². The van der Waals surface area contributed by atoms with Crippen LogP contribution in [0.4, 0.5) is 0 Å². The van der Waals surface area contributed by atoms with Gasteiger partial charge in [-0.2, -0.15) is 0 Å². The Kier molecular flexibility index (Phi) is 1.31. The quantitative estimate of drug-likeness (QED) is 0.482. The molecule has 0 aromatic rings. The van der Waals surface area contributed by atoms with Crippen LogP contribution in [-0.2, 0) is 0 Å². The predicted octanol–water partition coefficient (Wildman–Crippen LogP) is 0.495. The average molecular weight is 138 g/mol. The lowest BCUT2D eigenvalue weighted by Crippen LogP contribution is -2.19. The second-order valence-corrected chi connectivity index (χ2v) is 3.53. The van der Waals surface area contributed by atoms with Gasteiger partial charge in [0, 0.05) is 32.3 Å². The van der Waals surface area contributed by atoms with Crippen molar-refractivity contribution in [3.8, 4) is 0 Å². The highest BCUT2D eigenvalue weighted by atomic mass is 15.2. The van der Waals surface area contributed by atoms with Crippen LogP contribution in [0.2, 0.25) is 0 Å². The molecule has 0 spiro atoms. The minimum Gasteiger partial charge on any atom is -0.306 e. The summed E-state index contributed by atoms with van der Waals surface area (Å²) >= 11 is 0. The molecule has 0 aromatic heterocycles. The Morgan fingerprint density at radius 1 is 1.40 bits per heavy atom. The molecule has 2 unspecified atom stereocenters. The van der Waals surface area contributed by atoms with E-state index in [-0.39, 0.29) is 0 Å². The minimum absolute atomic E-state index is 0.834. The molecule has 0 aromatic carbocycles. The fourth-order valence-electron chi connectivity index (χ4n) is 2.18. The maximum absolute atomic E-state index is 4.06. The summed E-state index contributed by atoms with van der Waals surface area (Å²) < 4.78 is 0. The van der Waals surface area contributed by atoms with Crippen molar-refractivity contribution >= 4 is 6.21 Å². The number of aliphatic imine (C=N–C) groups is 1. The molecule has 56 valence electrons. The third-order valence-corrected chi connectivity index (χ3v) is 2.76. The molecule has 2 heteroatoms. The van der Waals surface area contributed by atoms with Crippen LogP contribution in [0.15, 0.2) is 4.99 Å². The molecule has 0 bridgehead atoms. The molecule has 1 heterocycles. The van der Waals surface area contributed by atoms with Crippen LogP contribution in [0.5, 0.6) is 0 Å². The van der Waals surface area contributed by atoms with E-state index in [1.54, 1.807) is 0 Å². The molecule has 2 rings (SSSR count). The first-order chi connectivity index (χ1) is 4.83. The third kappa shape index (κ3) is 0.788. The van der Waals surface area contributed by atoms with Crippen molar-refractivity contribution in [3.63, 3.8) is 0 Å². The van der Waals surface area contributed by atoms with Crippen molar-refractivity contribution in [2.45, 2.75) is 0 Å². The van der Waals surface area contributed by atoms with Gasteiger partial charge in [-0.05, 0) is 18.9 Å². The first kappa shape index (κ1) is 6.35. The van der Waals surface area contributed by atoms with E-state index in [0.29, 0.717) is 0 Å². The summed E-state index contributed by atoms with van der Waals surface area (Å²) in [6.45, 7) is 2.59. The second-order valence-electron chi connectivity index (χ2n) is 3.53. The smallest absolute Gasteiger partial charge is 0.0273 e. The molecule has 10 heavy (non-hydrogen) atoms. The molecule has 2 nitrogen and oxygen atoms in total. The summed E-state index contributed by atoms with van der Waals surface area (Å²) in [5.74, 6) is 2.74. The van der Waals surface area contributed by atoms with Gasteiger partial charge < -0.3 is 9.89 Å². The van der Waals surface area contributed by atoms with E-state index in [1.807, 2.05) is 7.05 Å². The number of hydrogen-bond acceptors (Lipinski definition) is 2. The van der Waals surface area contributed by atoms with Crippen LogP contribution in [0.3, 0.4) is 0 Å². The highest BCUT2D eigenvalue weighted by molar-refractivity contribution is 5.66. The first-order valence-electron chi connectivity index (χ1n) is 3.93. The van der Waals surface area contributed by atoms with Gasteiger partial charge in [0.2, 0.25) is 0 Å². The topological polar surface area (TPSA) is 15.6 Å². The molecule has 2 fully saturated rings. The molecule has 0 amide bonds. The SMILES string of the molecule is C/N=C\C1C2CN(C)C[C@@H]12. The summed E-state index contributed by atoms with van der Waals surface area (Å²) in [6.07, 6.45) is 2.13. The second kappa shape index (κ2) is 2.06. The zero-order chi connectivity index (χ0) is 7.14. The van der Waals surface area contributed by atoms with Gasteiger partial charge >= 0.3 is 0 Å². The van der Waals surface area contributed by atoms with Crippen molar-refractivity contribution < 1.29 is 0 Å². The molecular weight excluding hydrogens is 124 g/mol. The van der Waals surface area contributed by atoms with E-state index in [0.717, 1.165) is 17.8 Å². The Morgan fingerprint density at radius 2 is 2.00 bits per heavy atom. The molecule has 0 N–H and O–H groups in total. The maximum Gasteiger partial charge on any atom is 0.0273 e. The number of rotatable bonds is 1. The van der Waals surface area contributed by atoms with E-state index >= 15 is 0 Å². The summed E-state index contributed by atoms with van der Waals surface area (Å²) in [4.78, 5) is 6.47. The fraction of sp³-hybridized carbons (Fsp3) is 0.875. The number of nitrogens with zero attached hydrogens (tertiary/aromatic N) is 2. The number of fused-ring (bicyclic) bond motifs is 1. The third-order valence-electron chi connectivity index (χ3n) is 2.76. The van der Waals surface area contributed by atoms with E-state index in [2.05, 4.69) is 23.2 Å². The molecule has 2 aliphatic rings. The van der Waals surface area contributed by atoms with Crippen LogP contribution in [0.1, 0.15) is 0 Å². The molecular formula is C8H14N2. The lowest BCUT2D eigenvalue weighted by molar-refractivity contribution is 0.362. The Morgan fingerprint density at radius 3 is 2.50 bits per heavy atom. The van der Waals surface area contributed by atoms with Crippen molar-refractivity contribution in [3.05, 3.63) is 0 Å². The zero-order valence-corrected chi connectivity index (χ0v) is 6.62. The van der Waals surface area contributed by atoms with E-state index < -0.39 is 0 Å². The van der Waals surface area contributed by atoms with Crippen LogP contribution >= 0.6 is 0 Å².